The monoisotopic (exact) mass is 597 g/mol. The van der Waals surface area contributed by atoms with Gasteiger partial charge in [-0.1, -0.05) is 33.8 Å². The van der Waals surface area contributed by atoms with Crippen LogP contribution >= 0.6 is 0 Å². The molecule has 0 unspecified atom stereocenters. The van der Waals surface area contributed by atoms with E-state index < -0.39 is 14.5 Å². The zero-order chi connectivity index (χ0) is 31.0. The van der Waals surface area contributed by atoms with Crippen LogP contribution in [0.3, 0.4) is 0 Å². The standard InChI is InChI=1S/C33H40FN7OSi/c1-32(2,3)43(5,6)42-21-33(4)20-38-30-25(17-36)14-24(15-27(30)33)28-9-11-37-31(39-28)40-29-13-22(16-35)7-8-23(29)10-12-41-18-26(34)19-41/h7-9,11,13-15,26,38H,10,12,18-21H2,1-6H3,(H,37,39,40)/t33-/m1/s1. The summed E-state index contributed by atoms with van der Waals surface area (Å²) in [5, 5.41) is 26.4. The Morgan fingerprint density at radius 2 is 1.93 bits per heavy atom. The second-order valence-corrected chi connectivity index (χ2v) is 18.3. The number of aromatic nitrogens is 2. The Morgan fingerprint density at radius 1 is 1.16 bits per heavy atom. The smallest absolute Gasteiger partial charge is 0.227 e. The lowest BCUT2D eigenvalue weighted by Crippen LogP contribution is -2.48. The molecule has 0 saturated carbocycles. The van der Waals surface area contributed by atoms with E-state index in [0.717, 1.165) is 34.6 Å². The Hall–Kier alpha value is -3.83. The van der Waals surface area contributed by atoms with E-state index in [-0.39, 0.29) is 10.5 Å². The van der Waals surface area contributed by atoms with Gasteiger partial charge in [-0.05, 0) is 66.0 Å². The van der Waals surface area contributed by atoms with Gasteiger partial charge in [0.15, 0.2) is 8.32 Å². The molecule has 5 rings (SSSR count). The lowest BCUT2D eigenvalue weighted by atomic mass is 9.83. The first kappa shape index (κ1) is 30.6. The van der Waals surface area contributed by atoms with Gasteiger partial charge in [-0.3, -0.25) is 4.90 Å². The molecular formula is C33H40FN7OSi. The minimum atomic E-state index is -1.97. The lowest BCUT2D eigenvalue weighted by Gasteiger charge is -2.39. The van der Waals surface area contributed by atoms with Gasteiger partial charge in [0.1, 0.15) is 12.2 Å². The molecule has 0 spiro atoms. The zero-order valence-electron chi connectivity index (χ0n) is 25.9. The van der Waals surface area contributed by atoms with Crippen molar-refractivity contribution in [1.29, 1.82) is 10.5 Å². The average Bonchev–Trinajstić information content (AvgIpc) is 3.30. The summed E-state index contributed by atoms with van der Waals surface area (Å²) < 4.78 is 20.0. The highest BCUT2D eigenvalue weighted by Gasteiger charge is 2.42. The third-order valence-corrected chi connectivity index (χ3v) is 13.6. The molecule has 2 N–H and O–H groups in total. The second-order valence-electron chi connectivity index (χ2n) is 13.5. The van der Waals surface area contributed by atoms with Gasteiger partial charge in [-0.2, -0.15) is 10.5 Å². The van der Waals surface area contributed by atoms with Crippen LogP contribution in [0.15, 0.2) is 42.6 Å². The maximum Gasteiger partial charge on any atom is 0.227 e. The van der Waals surface area contributed by atoms with Gasteiger partial charge in [-0.15, -0.1) is 0 Å². The minimum Gasteiger partial charge on any atom is -0.416 e. The van der Waals surface area contributed by atoms with Crippen molar-refractivity contribution in [3.8, 4) is 23.4 Å². The molecule has 0 aliphatic carbocycles. The van der Waals surface area contributed by atoms with Crippen molar-refractivity contribution >= 4 is 25.6 Å². The summed E-state index contributed by atoms with van der Waals surface area (Å²) in [7, 11) is -1.97. The van der Waals surface area contributed by atoms with Gasteiger partial charge in [0.05, 0.1) is 28.6 Å². The fraction of sp³-hybridized carbons (Fsp3) is 0.455. The third-order valence-electron chi connectivity index (χ3n) is 9.17. The fourth-order valence-corrected chi connectivity index (χ4v) is 6.37. The van der Waals surface area contributed by atoms with Crippen LogP contribution in [-0.4, -0.2) is 62.1 Å². The number of nitrogens with zero attached hydrogens (tertiary/aromatic N) is 5. The number of nitriles is 2. The highest BCUT2D eigenvalue weighted by atomic mass is 28.4. The molecule has 0 amide bonds. The first-order chi connectivity index (χ1) is 20.3. The Kier molecular flexibility index (Phi) is 8.32. The van der Waals surface area contributed by atoms with E-state index in [0.29, 0.717) is 55.4 Å². The van der Waals surface area contributed by atoms with Crippen LogP contribution in [0.2, 0.25) is 18.1 Å². The molecule has 10 heteroatoms. The average molecular weight is 598 g/mol. The predicted octanol–water partition coefficient (Wildman–Crippen LogP) is 6.53. The van der Waals surface area contributed by atoms with Crippen LogP contribution in [-0.2, 0) is 16.3 Å². The molecule has 1 atom stereocenters. The third kappa shape index (κ3) is 6.42. The first-order valence-corrected chi connectivity index (χ1v) is 17.7. The molecule has 1 fully saturated rings. The Bertz CT molecular complexity index is 1600. The molecule has 3 aromatic rings. The molecule has 1 saturated heterocycles. The predicted molar refractivity (Wildman–Crippen MR) is 171 cm³/mol. The number of hydrogen-bond acceptors (Lipinski definition) is 8. The summed E-state index contributed by atoms with van der Waals surface area (Å²) in [4.78, 5) is 11.3. The van der Waals surface area contributed by atoms with Gasteiger partial charge >= 0.3 is 0 Å². The van der Waals surface area contributed by atoms with Crippen LogP contribution in [0.1, 0.15) is 49.9 Å². The number of alkyl halides is 1. The molecule has 8 nitrogen and oxygen atoms in total. The highest BCUT2D eigenvalue weighted by molar-refractivity contribution is 6.74. The molecule has 2 aliphatic rings. The van der Waals surface area contributed by atoms with Crippen molar-refractivity contribution < 1.29 is 8.82 Å². The van der Waals surface area contributed by atoms with Crippen LogP contribution in [0.25, 0.3) is 11.3 Å². The number of halogens is 1. The Balaban J connectivity index is 1.42. The van der Waals surface area contributed by atoms with E-state index >= 15 is 0 Å². The molecular weight excluding hydrogens is 557 g/mol. The number of nitrogens with one attached hydrogen (secondary N) is 2. The van der Waals surface area contributed by atoms with E-state index in [2.05, 4.69) is 79.5 Å². The normalized spacial score (nSPS) is 18.7. The fourth-order valence-electron chi connectivity index (χ4n) is 5.26. The van der Waals surface area contributed by atoms with Crippen molar-refractivity contribution in [2.24, 2.45) is 0 Å². The maximum atomic E-state index is 13.3. The van der Waals surface area contributed by atoms with E-state index in [1.165, 1.54) is 0 Å². The summed E-state index contributed by atoms with van der Waals surface area (Å²) in [6, 6.07) is 15.9. The number of fused-ring (bicyclic) bond motifs is 1. The minimum absolute atomic E-state index is 0.0984. The molecule has 43 heavy (non-hydrogen) atoms. The summed E-state index contributed by atoms with van der Waals surface area (Å²) in [6.45, 7) is 16.3. The summed E-state index contributed by atoms with van der Waals surface area (Å²) in [6.07, 6.45) is 1.66. The van der Waals surface area contributed by atoms with Gasteiger partial charge in [0.25, 0.3) is 0 Å². The molecule has 0 radical (unpaired) electrons. The van der Waals surface area contributed by atoms with E-state index in [1.54, 1.807) is 18.3 Å². The Labute approximate surface area is 255 Å². The number of likely N-dealkylation sites (tertiary alicyclic amines) is 1. The zero-order valence-corrected chi connectivity index (χ0v) is 26.9. The quantitative estimate of drug-likeness (QED) is 0.268. The summed E-state index contributed by atoms with van der Waals surface area (Å²) >= 11 is 0. The van der Waals surface area contributed by atoms with Crippen LogP contribution < -0.4 is 10.6 Å². The largest absolute Gasteiger partial charge is 0.416 e. The van der Waals surface area contributed by atoms with Crippen molar-refractivity contribution in [3.63, 3.8) is 0 Å². The molecule has 2 aromatic carbocycles. The number of anilines is 3. The van der Waals surface area contributed by atoms with Crippen molar-refractivity contribution in [2.75, 3.05) is 43.4 Å². The second kappa shape index (κ2) is 11.7. The SMILES string of the molecule is CC(C)(C)[Si](C)(C)OC[C@@]1(C)CNc2c(C#N)cc(-c3ccnc(Nc4cc(C#N)ccc4CCN4CC(F)C4)n3)cc21. The highest BCUT2D eigenvalue weighted by Crippen LogP contribution is 2.44. The van der Waals surface area contributed by atoms with Gasteiger partial charge in [0.2, 0.25) is 5.95 Å². The van der Waals surface area contributed by atoms with Crippen molar-refractivity contribution in [1.82, 2.24) is 14.9 Å². The summed E-state index contributed by atoms with van der Waals surface area (Å²) in [5.41, 5.74) is 5.98. The lowest BCUT2D eigenvalue weighted by molar-refractivity contribution is 0.0671. The molecule has 0 bridgehead atoms. The maximum absolute atomic E-state index is 13.3. The number of rotatable bonds is 9. The Morgan fingerprint density at radius 3 is 2.60 bits per heavy atom. The van der Waals surface area contributed by atoms with Gasteiger partial charge in [-0.25, -0.2) is 14.4 Å². The van der Waals surface area contributed by atoms with Crippen LogP contribution in [0.5, 0.6) is 0 Å². The molecule has 224 valence electrons. The topological polar surface area (TPSA) is 110 Å². The van der Waals surface area contributed by atoms with E-state index in [1.807, 2.05) is 18.2 Å². The van der Waals surface area contributed by atoms with E-state index in [9.17, 15) is 14.9 Å². The summed E-state index contributed by atoms with van der Waals surface area (Å²) in [5.74, 6) is 0.391. The van der Waals surface area contributed by atoms with Crippen molar-refractivity contribution in [3.05, 3.63) is 64.8 Å². The first-order valence-electron chi connectivity index (χ1n) is 14.8. The van der Waals surface area contributed by atoms with Gasteiger partial charge < -0.3 is 15.1 Å². The molecule has 3 heterocycles. The number of hydrogen-bond donors (Lipinski definition) is 2. The van der Waals surface area contributed by atoms with Crippen molar-refractivity contribution in [2.45, 2.75) is 63.8 Å². The van der Waals surface area contributed by atoms with E-state index in [4.69, 9.17) is 9.41 Å². The van der Waals surface area contributed by atoms with Crippen LogP contribution in [0.4, 0.5) is 21.7 Å². The van der Waals surface area contributed by atoms with Crippen LogP contribution in [0, 0.1) is 22.7 Å². The van der Waals surface area contributed by atoms with Gasteiger partial charge in [0, 0.05) is 55.6 Å². The molecule has 2 aliphatic heterocycles. The molecule has 1 aromatic heterocycles. The number of benzene rings is 2.